The van der Waals surface area contributed by atoms with Crippen LogP contribution in [0.15, 0.2) is 12.2 Å². The molecule has 0 saturated carbocycles. The predicted molar refractivity (Wildman–Crippen MR) is 50.8 cm³/mol. The van der Waals surface area contributed by atoms with Crippen LogP contribution in [0.25, 0.3) is 0 Å². The van der Waals surface area contributed by atoms with Gasteiger partial charge in [0.15, 0.2) is 0 Å². The minimum Gasteiger partial charge on any atom is -0.296 e. The van der Waals surface area contributed by atoms with Gasteiger partial charge in [-0.3, -0.25) is 9.05 Å². The molecule has 1 spiro atoms. The van der Waals surface area contributed by atoms with Crippen molar-refractivity contribution >= 4 is 18.2 Å². The molecule has 1 aliphatic carbocycles. The highest BCUT2D eigenvalue weighted by Crippen LogP contribution is 2.59. The molecular formula is C8H12ClO3P. The van der Waals surface area contributed by atoms with E-state index in [2.05, 4.69) is 12.2 Å². The molecule has 0 atom stereocenters. The number of hydrogen-bond donors (Lipinski definition) is 0. The Hall–Kier alpha value is 0.180. The minimum absolute atomic E-state index is 0.0253. The average molecular weight is 223 g/mol. The van der Waals surface area contributed by atoms with Crippen molar-refractivity contribution in [3.8, 4) is 0 Å². The summed E-state index contributed by atoms with van der Waals surface area (Å²) in [6, 6.07) is 0. The topological polar surface area (TPSA) is 35.5 Å². The maximum Gasteiger partial charge on any atom is 0.424 e. The lowest BCUT2D eigenvalue weighted by Gasteiger charge is -2.38. The Bertz CT molecular complexity index is 265. The minimum atomic E-state index is -3.23. The van der Waals surface area contributed by atoms with Gasteiger partial charge in [-0.05, 0) is 19.3 Å². The van der Waals surface area contributed by atoms with Crippen LogP contribution in [0.4, 0.5) is 0 Å². The van der Waals surface area contributed by atoms with Gasteiger partial charge in [0.2, 0.25) is 0 Å². The van der Waals surface area contributed by atoms with Crippen LogP contribution in [-0.2, 0) is 13.6 Å². The van der Waals surface area contributed by atoms with E-state index in [0.717, 1.165) is 19.3 Å². The molecule has 5 heteroatoms. The summed E-state index contributed by atoms with van der Waals surface area (Å²) in [6.07, 6.45) is 7.28. The molecule has 0 aromatic heterocycles. The largest absolute Gasteiger partial charge is 0.424 e. The number of hydrogen-bond acceptors (Lipinski definition) is 3. The van der Waals surface area contributed by atoms with Crippen LogP contribution in [0.1, 0.15) is 19.3 Å². The highest BCUT2D eigenvalue weighted by molar-refractivity contribution is 7.81. The second kappa shape index (κ2) is 3.39. The Kier molecular flexibility index (Phi) is 2.54. The molecule has 1 heterocycles. The molecule has 0 aromatic carbocycles. The summed E-state index contributed by atoms with van der Waals surface area (Å²) >= 11 is 5.47. The third kappa shape index (κ3) is 2.16. The first-order valence-electron chi connectivity index (χ1n) is 4.36. The standard InChI is InChI=1S/C8H12ClO3P/c9-13(10)11-6-8(7-12-13)4-2-1-3-5-8/h1-2H,3-7H2. The van der Waals surface area contributed by atoms with E-state index in [1.807, 2.05) is 0 Å². The van der Waals surface area contributed by atoms with Crippen molar-refractivity contribution in [2.24, 2.45) is 5.41 Å². The van der Waals surface area contributed by atoms with Crippen molar-refractivity contribution in [3.05, 3.63) is 12.2 Å². The molecule has 74 valence electrons. The van der Waals surface area contributed by atoms with E-state index in [1.165, 1.54) is 0 Å². The van der Waals surface area contributed by atoms with Gasteiger partial charge in [0.25, 0.3) is 0 Å². The van der Waals surface area contributed by atoms with Crippen molar-refractivity contribution in [1.82, 2.24) is 0 Å². The summed E-state index contributed by atoms with van der Waals surface area (Å²) in [4.78, 5) is 0. The van der Waals surface area contributed by atoms with Crippen LogP contribution in [0, 0.1) is 5.41 Å². The van der Waals surface area contributed by atoms with Crippen LogP contribution in [0.2, 0.25) is 0 Å². The predicted octanol–water partition coefficient (Wildman–Crippen LogP) is 3.11. The lowest BCUT2D eigenvalue weighted by atomic mass is 9.78. The third-order valence-electron chi connectivity index (χ3n) is 2.61. The molecule has 2 aliphatic rings. The van der Waals surface area contributed by atoms with Crippen LogP contribution in [0.5, 0.6) is 0 Å². The van der Waals surface area contributed by atoms with Gasteiger partial charge in [0, 0.05) is 16.7 Å². The third-order valence-corrected chi connectivity index (χ3v) is 4.07. The van der Waals surface area contributed by atoms with E-state index in [4.69, 9.17) is 20.3 Å². The molecule has 0 aromatic rings. The number of allylic oxidation sites excluding steroid dienone is 2. The van der Waals surface area contributed by atoms with E-state index < -0.39 is 6.95 Å². The van der Waals surface area contributed by atoms with Crippen LogP contribution >= 0.6 is 18.2 Å². The first kappa shape index (κ1) is 9.72. The lowest BCUT2D eigenvalue weighted by Crippen LogP contribution is -2.35. The van der Waals surface area contributed by atoms with Crippen molar-refractivity contribution in [2.75, 3.05) is 13.2 Å². The summed E-state index contributed by atoms with van der Waals surface area (Å²) in [7, 11) is 0. The first-order chi connectivity index (χ1) is 6.12. The smallest absolute Gasteiger partial charge is 0.296 e. The molecule has 3 nitrogen and oxygen atoms in total. The fourth-order valence-corrected chi connectivity index (χ4v) is 2.94. The average Bonchev–Trinajstić information content (AvgIpc) is 2.13. The summed E-state index contributed by atoms with van der Waals surface area (Å²) in [5.41, 5.74) is 0.0253. The van der Waals surface area contributed by atoms with E-state index >= 15 is 0 Å². The Labute approximate surface area is 82.4 Å². The van der Waals surface area contributed by atoms with Gasteiger partial charge in [-0.25, -0.2) is 4.57 Å². The molecule has 0 amide bonds. The maximum atomic E-state index is 11.2. The zero-order chi connectivity index (χ0) is 9.36. The summed E-state index contributed by atoms with van der Waals surface area (Å²) < 4.78 is 21.2. The SMILES string of the molecule is O=P1(Cl)OCC2(CC=CCC2)CO1. The fraction of sp³-hybridized carbons (Fsp3) is 0.750. The highest BCUT2D eigenvalue weighted by Gasteiger charge is 2.40. The molecule has 1 saturated heterocycles. The summed E-state index contributed by atoms with van der Waals surface area (Å²) in [5, 5.41) is 0. The van der Waals surface area contributed by atoms with Gasteiger partial charge in [-0.1, -0.05) is 12.2 Å². The van der Waals surface area contributed by atoms with Gasteiger partial charge in [0.05, 0.1) is 13.2 Å². The molecule has 0 bridgehead atoms. The Balaban J connectivity index is 2.04. The molecule has 1 aliphatic heterocycles. The molecule has 2 rings (SSSR count). The van der Waals surface area contributed by atoms with E-state index in [0.29, 0.717) is 13.2 Å². The maximum absolute atomic E-state index is 11.2. The summed E-state index contributed by atoms with van der Waals surface area (Å²) in [6.45, 7) is -2.32. The van der Waals surface area contributed by atoms with Crippen LogP contribution in [-0.4, -0.2) is 13.2 Å². The molecule has 13 heavy (non-hydrogen) atoms. The van der Waals surface area contributed by atoms with Crippen molar-refractivity contribution in [1.29, 1.82) is 0 Å². The Morgan fingerprint density at radius 3 is 2.54 bits per heavy atom. The Morgan fingerprint density at radius 2 is 2.00 bits per heavy atom. The monoisotopic (exact) mass is 222 g/mol. The Morgan fingerprint density at radius 1 is 1.31 bits per heavy atom. The van der Waals surface area contributed by atoms with Gasteiger partial charge in [-0.2, -0.15) is 0 Å². The zero-order valence-electron chi connectivity index (χ0n) is 7.24. The van der Waals surface area contributed by atoms with Crippen molar-refractivity contribution in [2.45, 2.75) is 19.3 Å². The van der Waals surface area contributed by atoms with Crippen molar-refractivity contribution in [3.63, 3.8) is 0 Å². The van der Waals surface area contributed by atoms with Gasteiger partial charge >= 0.3 is 6.95 Å². The molecule has 0 N–H and O–H groups in total. The summed E-state index contributed by atoms with van der Waals surface area (Å²) in [5.74, 6) is 0. The van der Waals surface area contributed by atoms with E-state index in [9.17, 15) is 4.57 Å². The van der Waals surface area contributed by atoms with Crippen molar-refractivity contribution < 1.29 is 13.6 Å². The molecule has 1 fully saturated rings. The fourth-order valence-electron chi connectivity index (χ4n) is 1.71. The highest BCUT2D eigenvalue weighted by atomic mass is 35.7. The number of rotatable bonds is 0. The van der Waals surface area contributed by atoms with Crippen LogP contribution in [0.3, 0.4) is 0 Å². The normalized spacial score (nSPS) is 45.3. The second-order valence-electron chi connectivity index (χ2n) is 3.69. The van der Waals surface area contributed by atoms with E-state index in [-0.39, 0.29) is 5.41 Å². The van der Waals surface area contributed by atoms with Gasteiger partial charge in [-0.15, -0.1) is 0 Å². The number of halogens is 1. The molecular weight excluding hydrogens is 211 g/mol. The second-order valence-corrected chi connectivity index (χ2v) is 6.31. The van der Waals surface area contributed by atoms with Gasteiger partial charge < -0.3 is 0 Å². The quantitative estimate of drug-likeness (QED) is 0.467. The molecule has 0 radical (unpaired) electrons. The van der Waals surface area contributed by atoms with E-state index in [1.54, 1.807) is 0 Å². The van der Waals surface area contributed by atoms with Crippen LogP contribution < -0.4 is 0 Å². The first-order valence-corrected chi connectivity index (χ1v) is 6.81. The lowest BCUT2D eigenvalue weighted by molar-refractivity contribution is 0.0175. The zero-order valence-corrected chi connectivity index (χ0v) is 8.89. The molecule has 0 unspecified atom stereocenters. The van der Waals surface area contributed by atoms with Gasteiger partial charge in [0.1, 0.15) is 0 Å².